The largest absolute Gasteiger partial charge is 0.294 e. The predicted octanol–water partition coefficient (Wildman–Crippen LogP) is 2.23. The van der Waals surface area contributed by atoms with Crippen LogP contribution in [-0.4, -0.2) is 39.9 Å². The van der Waals surface area contributed by atoms with E-state index >= 15 is 0 Å². The summed E-state index contributed by atoms with van der Waals surface area (Å²) < 4.78 is 0. The number of hydrogen-bond donors (Lipinski definition) is 2. The maximum Gasteiger partial charge on any atom is 0.257 e. The molecule has 3 rings (SSSR count). The maximum atomic E-state index is 11.6. The molecule has 0 bridgehead atoms. The first-order chi connectivity index (χ1) is 9.27. The molecule has 0 radical (unpaired) electrons. The highest BCUT2D eigenvalue weighted by Crippen LogP contribution is 2.41. The minimum atomic E-state index is -0.159. The van der Waals surface area contributed by atoms with Crippen molar-refractivity contribution in [3.8, 4) is 0 Å². The molecule has 0 aromatic heterocycles. The van der Waals surface area contributed by atoms with Gasteiger partial charge in [0.15, 0.2) is 0 Å². The lowest BCUT2D eigenvalue weighted by Crippen LogP contribution is -2.62. The molecule has 2 N–H and O–H groups in total. The summed E-state index contributed by atoms with van der Waals surface area (Å²) in [6.07, 6.45) is 9.20. The molecule has 2 saturated heterocycles. The molecule has 3 atom stereocenters. The lowest BCUT2D eigenvalue weighted by molar-refractivity contribution is -0.180. The van der Waals surface area contributed by atoms with E-state index < -0.39 is 0 Å². The number of rotatable bonds is 1. The van der Waals surface area contributed by atoms with E-state index in [0.29, 0.717) is 16.9 Å². The van der Waals surface area contributed by atoms with Crippen LogP contribution in [0.4, 0.5) is 0 Å². The van der Waals surface area contributed by atoms with E-state index in [2.05, 4.69) is 5.32 Å². The highest BCUT2D eigenvalue weighted by Gasteiger charge is 2.44. The van der Waals surface area contributed by atoms with Crippen LogP contribution in [0, 0.1) is 11.8 Å². The van der Waals surface area contributed by atoms with Crippen LogP contribution in [0.3, 0.4) is 0 Å². The standard InChI is InChI=1S/C14H24N2O2S/c17-12-9-19-13-11(7-8-15-14(13)16(12)18)10-5-3-1-2-4-6-10/h10-11,13-15,18H,1-9H2. The number of fused-ring (bicyclic) bond motifs is 1. The van der Waals surface area contributed by atoms with Crippen molar-refractivity contribution in [3.63, 3.8) is 0 Å². The van der Waals surface area contributed by atoms with Gasteiger partial charge in [-0.05, 0) is 24.8 Å². The zero-order valence-corrected chi connectivity index (χ0v) is 12.2. The Morgan fingerprint density at radius 2 is 1.89 bits per heavy atom. The Kier molecular flexibility index (Phi) is 4.34. The Bertz CT molecular complexity index is 331. The van der Waals surface area contributed by atoms with Gasteiger partial charge in [-0.1, -0.05) is 38.5 Å². The Hall–Kier alpha value is -0.260. The van der Waals surface area contributed by atoms with Crippen LogP contribution in [0.5, 0.6) is 0 Å². The number of carbonyl (C=O) groups is 1. The number of carbonyl (C=O) groups excluding carboxylic acids is 1. The second-order valence-electron chi connectivity index (χ2n) is 6.12. The third-order valence-corrected chi connectivity index (χ3v) is 6.39. The van der Waals surface area contributed by atoms with E-state index in [1.807, 2.05) is 0 Å². The van der Waals surface area contributed by atoms with Gasteiger partial charge in [0.2, 0.25) is 0 Å². The quantitative estimate of drug-likeness (QED) is 0.573. The third-order valence-electron chi connectivity index (χ3n) is 4.99. The second kappa shape index (κ2) is 6.02. The molecule has 1 amide bonds. The molecular weight excluding hydrogens is 260 g/mol. The molecule has 3 unspecified atom stereocenters. The van der Waals surface area contributed by atoms with Crippen molar-refractivity contribution < 1.29 is 10.0 Å². The third kappa shape index (κ3) is 2.78. The number of hydrogen-bond acceptors (Lipinski definition) is 4. The average Bonchev–Trinajstić information content (AvgIpc) is 2.71. The Morgan fingerprint density at radius 1 is 1.16 bits per heavy atom. The van der Waals surface area contributed by atoms with E-state index in [1.54, 1.807) is 11.8 Å². The summed E-state index contributed by atoms with van der Waals surface area (Å²) in [6.45, 7) is 0.924. The summed E-state index contributed by atoms with van der Waals surface area (Å²) in [5, 5.41) is 14.6. The van der Waals surface area contributed by atoms with Crippen LogP contribution in [0.2, 0.25) is 0 Å². The summed E-state index contributed by atoms with van der Waals surface area (Å²) in [4.78, 5) is 11.6. The molecule has 4 nitrogen and oxygen atoms in total. The number of hydroxylamine groups is 2. The Morgan fingerprint density at radius 3 is 2.63 bits per heavy atom. The number of nitrogens with zero attached hydrogens (tertiary/aromatic N) is 1. The highest BCUT2D eigenvalue weighted by molar-refractivity contribution is 8.00. The van der Waals surface area contributed by atoms with Gasteiger partial charge in [0.25, 0.3) is 5.91 Å². The molecule has 19 heavy (non-hydrogen) atoms. The van der Waals surface area contributed by atoms with Gasteiger partial charge in [-0.3, -0.25) is 15.3 Å². The molecule has 5 heteroatoms. The van der Waals surface area contributed by atoms with Crippen molar-refractivity contribution in [3.05, 3.63) is 0 Å². The molecule has 3 aliphatic rings. The lowest BCUT2D eigenvalue weighted by atomic mass is 9.79. The fourth-order valence-electron chi connectivity index (χ4n) is 3.98. The minimum Gasteiger partial charge on any atom is -0.294 e. The number of piperidine rings is 1. The van der Waals surface area contributed by atoms with Crippen LogP contribution in [0.25, 0.3) is 0 Å². The predicted molar refractivity (Wildman–Crippen MR) is 76.0 cm³/mol. The number of thioether (sulfide) groups is 1. The SMILES string of the molecule is O=C1CSC2C(C3CCCCCC3)CCNC2N1O. The van der Waals surface area contributed by atoms with Gasteiger partial charge in [-0.15, -0.1) is 11.8 Å². The van der Waals surface area contributed by atoms with E-state index in [0.717, 1.165) is 17.5 Å². The molecule has 1 saturated carbocycles. The van der Waals surface area contributed by atoms with E-state index in [4.69, 9.17) is 0 Å². The molecule has 0 aromatic rings. The first-order valence-corrected chi connectivity index (χ1v) is 8.68. The van der Waals surface area contributed by atoms with Gasteiger partial charge < -0.3 is 0 Å². The highest BCUT2D eigenvalue weighted by atomic mass is 32.2. The van der Waals surface area contributed by atoms with Crippen molar-refractivity contribution in [1.29, 1.82) is 0 Å². The maximum absolute atomic E-state index is 11.6. The molecule has 2 heterocycles. The van der Waals surface area contributed by atoms with Crippen LogP contribution in [-0.2, 0) is 4.79 Å². The van der Waals surface area contributed by atoms with Crippen molar-refractivity contribution >= 4 is 17.7 Å². The van der Waals surface area contributed by atoms with Gasteiger partial charge in [0, 0.05) is 5.25 Å². The molecule has 0 aromatic carbocycles. The molecular formula is C14H24N2O2S. The van der Waals surface area contributed by atoms with Crippen LogP contribution < -0.4 is 5.32 Å². The second-order valence-corrected chi connectivity index (χ2v) is 7.28. The van der Waals surface area contributed by atoms with Gasteiger partial charge in [-0.25, -0.2) is 5.06 Å². The van der Waals surface area contributed by atoms with Crippen molar-refractivity contribution in [2.24, 2.45) is 11.8 Å². The normalized spacial score (nSPS) is 37.8. The summed E-state index contributed by atoms with van der Waals surface area (Å²) >= 11 is 1.75. The molecule has 2 aliphatic heterocycles. The van der Waals surface area contributed by atoms with Crippen LogP contribution in [0.15, 0.2) is 0 Å². The van der Waals surface area contributed by atoms with E-state index in [9.17, 15) is 10.0 Å². The fraction of sp³-hybridized carbons (Fsp3) is 0.929. The topological polar surface area (TPSA) is 52.6 Å². The van der Waals surface area contributed by atoms with Crippen molar-refractivity contribution in [1.82, 2.24) is 10.4 Å². The van der Waals surface area contributed by atoms with Gasteiger partial charge in [0.05, 0.1) is 5.75 Å². The van der Waals surface area contributed by atoms with Crippen LogP contribution >= 0.6 is 11.8 Å². The first kappa shape index (κ1) is 13.7. The van der Waals surface area contributed by atoms with Crippen molar-refractivity contribution in [2.75, 3.05) is 12.3 Å². The summed E-state index contributed by atoms with van der Waals surface area (Å²) in [5.41, 5.74) is 0. The average molecular weight is 284 g/mol. The number of amides is 1. The monoisotopic (exact) mass is 284 g/mol. The first-order valence-electron chi connectivity index (χ1n) is 7.63. The lowest BCUT2D eigenvalue weighted by Gasteiger charge is -2.46. The van der Waals surface area contributed by atoms with Crippen LogP contribution in [0.1, 0.15) is 44.9 Å². The smallest absolute Gasteiger partial charge is 0.257 e. The minimum absolute atomic E-state index is 0.153. The van der Waals surface area contributed by atoms with E-state index in [1.165, 1.54) is 44.9 Å². The summed E-state index contributed by atoms with van der Waals surface area (Å²) in [5.74, 6) is 1.74. The molecule has 3 fully saturated rings. The summed E-state index contributed by atoms with van der Waals surface area (Å²) in [6, 6.07) is 0. The fourth-order valence-corrected chi connectivity index (χ4v) is 5.45. The number of nitrogens with one attached hydrogen (secondary N) is 1. The molecule has 108 valence electrons. The van der Waals surface area contributed by atoms with Gasteiger partial charge in [-0.2, -0.15) is 0 Å². The molecule has 0 spiro atoms. The zero-order valence-electron chi connectivity index (χ0n) is 11.4. The molecule has 1 aliphatic carbocycles. The Labute approximate surface area is 119 Å². The Balaban J connectivity index is 1.72. The van der Waals surface area contributed by atoms with Gasteiger partial charge >= 0.3 is 0 Å². The zero-order chi connectivity index (χ0) is 13.2. The van der Waals surface area contributed by atoms with Gasteiger partial charge in [0.1, 0.15) is 6.17 Å². The van der Waals surface area contributed by atoms with Crippen molar-refractivity contribution in [2.45, 2.75) is 56.4 Å². The van der Waals surface area contributed by atoms with E-state index in [-0.39, 0.29) is 12.1 Å². The summed E-state index contributed by atoms with van der Waals surface area (Å²) in [7, 11) is 0.